The lowest BCUT2D eigenvalue weighted by atomic mass is 10.4. The van der Waals surface area contributed by atoms with Crippen molar-refractivity contribution < 1.29 is 4.42 Å². The zero-order valence-corrected chi connectivity index (χ0v) is 11.4. The Morgan fingerprint density at radius 3 is 2.72 bits per heavy atom. The molecule has 1 heterocycles. The monoisotopic (exact) mass is 250 g/mol. The third kappa shape index (κ3) is 3.75. The summed E-state index contributed by atoms with van der Waals surface area (Å²) < 4.78 is 5.51. The van der Waals surface area contributed by atoms with Crippen LogP contribution in [0.1, 0.15) is 37.1 Å². The molecule has 0 atom stereocenters. The molecule has 2 N–H and O–H groups in total. The van der Waals surface area contributed by atoms with E-state index in [-0.39, 0.29) is 0 Å². The number of nitrogens with zero attached hydrogens (tertiary/aromatic N) is 2. The van der Waals surface area contributed by atoms with E-state index in [1.807, 2.05) is 13.8 Å². The molecule has 0 saturated heterocycles. The van der Waals surface area contributed by atoms with Gasteiger partial charge >= 0.3 is 0 Å². The molecule has 0 radical (unpaired) electrons. The van der Waals surface area contributed by atoms with E-state index in [9.17, 15) is 0 Å². The molecule has 1 aromatic heterocycles. The summed E-state index contributed by atoms with van der Waals surface area (Å²) in [6.45, 7) is 8.28. The fraction of sp³-hybridized carbons (Fsp3) is 0.692. The Bertz CT molecular complexity index is 401. The van der Waals surface area contributed by atoms with Gasteiger partial charge in [0.15, 0.2) is 5.96 Å². The average molecular weight is 250 g/mol. The summed E-state index contributed by atoms with van der Waals surface area (Å²) in [6.07, 6.45) is 2.68. The molecule has 1 fully saturated rings. The van der Waals surface area contributed by atoms with E-state index in [0.717, 1.165) is 36.4 Å². The largest absolute Gasteiger partial charge is 0.444 e. The maximum atomic E-state index is 5.51. The van der Waals surface area contributed by atoms with Crippen molar-refractivity contribution in [3.63, 3.8) is 0 Å². The van der Waals surface area contributed by atoms with Gasteiger partial charge in [0.05, 0.1) is 5.69 Å². The van der Waals surface area contributed by atoms with Crippen molar-refractivity contribution >= 4 is 5.96 Å². The van der Waals surface area contributed by atoms with Gasteiger partial charge in [-0.2, -0.15) is 0 Å². The van der Waals surface area contributed by atoms with Crippen LogP contribution in [-0.4, -0.2) is 24.0 Å². The topological polar surface area (TPSA) is 62.5 Å². The van der Waals surface area contributed by atoms with Gasteiger partial charge in [0.2, 0.25) is 5.89 Å². The summed E-state index contributed by atoms with van der Waals surface area (Å²) >= 11 is 0. The zero-order chi connectivity index (χ0) is 13.0. The number of hydrogen-bond acceptors (Lipinski definition) is 3. The smallest absolute Gasteiger partial charge is 0.216 e. The molecule has 0 aromatic carbocycles. The Hall–Kier alpha value is -1.52. The Morgan fingerprint density at radius 1 is 1.39 bits per heavy atom. The molecule has 1 aliphatic rings. The van der Waals surface area contributed by atoms with Crippen LogP contribution in [0.4, 0.5) is 0 Å². The van der Waals surface area contributed by atoms with Gasteiger partial charge in [-0.25, -0.2) is 9.98 Å². The molecule has 2 rings (SSSR count). The van der Waals surface area contributed by atoms with Gasteiger partial charge in [0.1, 0.15) is 12.3 Å². The first-order chi connectivity index (χ1) is 8.69. The molecule has 18 heavy (non-hydrogen) atoms. The fourth-order valence-corrected chi connectivity index (χ4v) is 1.66. The van der Waals surface area contributed by atoms with E-state index in [2.05, 4.69) is 27.5 Å². The molecule has 5 heteroatoms. The van der Waals surface area contributed by atoms with Gasteiger partial charge < -0.3 is 15.1 Å². The summed E-state index contributed by atoms with van der Waals surface area (Å²) in [5.41, 5.74) is 0.941. The minimum atomic E-state index is 0.481. The number of hydrogen-bond donors (Lipinski definition) is 2. The molecule has 0 spiro atoms. The first kappa shape index (κ1) is 12.9. The second-order valence-corrected chi connectivity index (χ2v) is 4.77. The minimum absolute atomic E-state index is 0.481. The third-order valence-electron chi connectivity index (χ3n) is 3.04. The number of aromatic nitrogens is 1. The van der Waals surface area contributed by atoms with E-state index < -0.39 is 0 Å². The van der Waals surface area contributed by atoms with E-state index in [1.54, 1.807) is 0 Å². The number of aryl methyl sites for hydroxylation is 2. The van der Waals surface area contributed by atoms with Gasteiger partial charge in [0.25, 0.3) is 0 Å². The molecule has 1 aromatic rings. The number of nitrogens with one attached hydrogen (secondary N) is 2. The first-order valence-electron chi connectivity index (χ1n) is 6.64. The van der Waals surface area contributed by atoms with Crippen LogP contribution >= 0.6 is 0 Å². The van der Waals surface area contributed by atoms with Crippen molar-refractivity contribution in [1.29, 1.82) is 0 Å². The highest BCUT2D eigenvalue weighted by Gasteiger charge is 2.21. The van der Waals surface area contributed by atoms with Crippen LogP contribution in [0, 0.1) is 19.8 Å². The predicted molar refractivity (Wildman–Crippen MR) is 71.5 cm³/mol. The average Bonchev–Trinajstić information content (AvgIpc) is 3.11. The van der Waals surface area contributed by atoms with E-state index in [4.69, 9.17) is 4.42 Å². The molecular weight excluding hydrogens is 228 g/mol. The van der Waals surface area contributed by atoms with E-state index in [0.29, 0.717) is 12.4 Å². The molecule has 0 aliphatic heterocycles. The van der Waals surface area contributed by atoms with Crippen LogP contribution in [0.5, 0.6) is 0 Å². The van der Waals surface area contributed by atoms with Crippen molar-refractivity contribution in [3.8, 4) is 0 Å². The minimum Gasteiger partial charge on any atom is -0.444 e. The number of oxazole rings is 1. The number of aliphatic imine (C=N–C) groups is 1. The summed E-state index contributed by atoms with van der Waals surface area (Å²) in [6, 6.07) is 0. The van der Waals surface area contributed by atoms with Crippen LogP contribution in [0.2, 0.25) is 0 Å². The van der Waals surface area contributed by atoms with E-state index >= 15 is 0 Å². The fourth-order valence-electron chi connectivity index (χ4n) is 1.66. The summed E-state index contributed by atoms with van der Waals surface area (Å²) in [5.74, 6) is 3.22. The van der Waals surface area contributed by atoms with Crippen LogP contribution in [0.25, 0.3) is 0 Å². The lowest BCUT2D eigenvalue weighted by Crippen LogP contribution is -2.38. The molecule has 0 bridgehead atoms. The molecule has 100 valence electrons. The molecule has 1 aliphatic carbocycles. The van der Waals surface area contributed by atoms with Gasteiger partial charge in [-0.05, 0) is 39.5 Å². The second kappa shape index (κ2) is 5.89. The van der Waals surface area contributed by atoms with Crippen molar-refractivity contribution in [2.45, 2.75) is 40.2 Å². The van der Waals surface area contributed by atoms with Crippen molar-refractivity contribution in [1.82, 2.24) is 15.6 Å². The van der Waals surface area contributed by atoms with Gasteiger partial charge in [-0.1, -0.05) is 0 Å². The summed E-state index contributed by atoms with van der Waals surface area (Å²) in [4.78, 5) is 8.80. The SMILES string of the molecule is CCNC(=NCc1nc(C)c(C)o1)NCC1CC1. The zero-order valence-electron chi connectivity index (χ0n) is 11.4. The highest BCUT2D eigenvalue weighted by Crippen LogP contribution is 2.27. The number of rotatable bonds is 5. The predicted octanol–water partition coefficient (Wildman–Crippen LogP) is 1.76. The summed E-state index contributed by atoms with van der Waals surface area (Å²) in [7, 11) is 0. The van der Waals surface area contributed by atoms with Crippen molar-refractivity contribution in [3.05, 3.63) is 17.3 Å². The van der Waals surface area contributed by atoms with Crippen LogP contribution in [0.3, 0.4) is 0 Å². The standard InChI is InChI=1S/C13H22N4O/c1-4-14-13(15-7-11-5-6-11)16-8-12-17-9(2)10(3)18-12/h11H,4-8H2,1-3H3,(H2,14,15,16). The highest BCUT2D eigenvalue weighted by atomic mass is 16.4. The lowest BCUT2D eigenvalue weighted by molar-refractivity contribution is 0.472. The van der Waals surface area contributed by atoms with Crippen molar-refractivity contribution in [2.24, 2.45) is 10.9 Å². The summed E-state index contributed by atoms with van der Waals surface area (Å²) in [5, 5.41) is 6.57. The van der Waals surface area contributed by atoms with Gasteiger partial charge in [-0.3, -0.25) is 0 Å². The van der Waals surface area contributed by atoms with Gasteiger partial charge in [-0.15, -0.1) is 0 Å². The molecule has 5 nitrogen and oxygen atoms in total. The maximum Gasteiger partial charge on any atom is 0.216 e. The Morgan fingerprint density at radius 2 is 2.17 bits per heavy atom. The van der Waals surface area contributed by atoms with E-state index in [1.165, 1.54) is 12.8 Å². The Kier molecular flexibility index (Phi) is 4.23. The third-order valence-corrected chi connectivity index (χ3v) is 3.04. The number of guanidine groups is 1. The van der Waals surface area contributed by atoms with Crippen LogP contribution in [0.15, 0.2) is 9.41 Å². The second-order valence-electron chi connectivity index (χ2n) is 4.77. The first-order valence-corrected chi connectivity index (χ1v) is 6.64. The lowest BCUT2D eigenvalue weighted by Gasteiger charge is -2.09. The normalized spacial score (nSPS) is 15.8. The molecule has 0 amide bonds. The molecule has 1 saturated carbocycles. The highest BCUT2D eigenvalue weighted by molar-refractivity contribution is 5.79. The van der Waals surface area contributed by atoms with Crippen LogP contribution < -0.4 is 10.6 Å². The Labute approximate surface area is 108 Å². The van der Waals surface area contributed by atoms with Crippen molar-refractivity contribution in [2.75, 3.05) is 13.1 Å². The molecular formula is C13H22N4O. The quantitative estimate of drug-likeness (QED) is 0.617. The Balaban J connectivity index is 1.89. The maximum absolute atomic E-state index is 5.51. The van der Waals surface area contributed by atoms with Gasteiger partial charge in [0, 0.05) is 13.1 Å². The van der Waals surface area contributed by atoms with Crippen LogP contribution in [-0.2, 0) is 6.54 Å². The molecule has 0 unspecified atom stereocenters.